The quantitative estimate of drug-likeness (QED) is 0.165. The molecular formula is C35H33N3. The van der Waals surface area contributed by atoms with Crippen LogP contribution in [0.3, 0.4) is 0 Å². The Labute approximate surface area is 226 Å². The number of hydrogen-bond acceptors (Lipinski definition) is 3. The van der Waals surface area contributed by atoms with E-state index in [0.717, 1.165) is 34.0 Å². The number of aryl methyl sites for hydroxylation is 4. The predicted octanol–water partition coefficient (Wildman–Crippen LogP) is 9.56. The van der Waals surface area contributed by atoms with Gasteiger partial charge >= 0.3 is 0 Å². The molecule has 0 N–H and O–H groups in total. The van der Waals surface area contributed by atoms with E-state index in [2.05, 4.69) is 118 Å². The van der Waals surface area contributed by atoms with E-state index in [1.165, 1.54) is 22.3 Å². The number of hydrogen-bond donors (Lipinski definition) is 0. The standard InChI is InChI=1S/C35H33N3/c1-26-15-19-34(23-28(26)3)37(35-20-16-27(2)29(4)24-35)31-21-17-30(18-22-31)25-36-38(32-11-7-5-8-12-32)33-13-9-6-10-14-33/h5-25H,1-4H3. The Balaban J connectivity index is 1.49. The molecule has 0 radical (unpaired) electrons. The zero-order chi connectivity index (χ0) is 26.5. The summed E-state index contributed by atoms with van der Waals surface area (Å²) >= 11 is 0. The van der Waals surface area contributed by atoms with Gasteiger partial charge in [0.05, 0.1) is 17.6 Å². The van der Waals surface area contributed by atoms with E-state index >= 15 is 0 Å². The van der Waals surface area contributed by atoms with Crippen molar-refractivity contribution in [1.29, 1.82) is 0 Å². The van der Waals surface area contributed by atoms with Gasteiger partial charge in [-0.3, -0.25) is 0 Å². The van der Waals surface area contributed by atoms with E-state index in [1.54, 1.807) is 0 Å². The van der Waals surface area contributed by atoms with Crippen molar-refractivity contribution in [3.05, 3.63) is 149 Å². The first kappa shape index (κ1) is 25.0. The van der Waals surface area contributed by atoms with Gasteiger partial charge in [-0.05, 0) is 116 Å². The molecule has 0 spiro atoms. The summed E-state index contributed by atoms with van der Waals surface area (Å²) in [5.41, 5.74) is 11.6. The van der Waals surface area contributed by atoms with Gasteiger partial charge in [0.1, 0.15) is 0 Å². The molecule has 3 heteroatoms. The Morgan fingerprint density at radius 2 is 0.895 bits per heavy atom. The van der Waals surface area contributed by atoms with Crippen molar-refractivity contribution < 1.29 is 0 Å². The molecule has 0 aliphatic rings. The second kappa shape index (κ2) is 11.2. The topological polar surface area (TPSA) is 18.8 Å². The molecule has 0 aliphatic heterocycles. The van der Waals surface area contributed by atoms with Gasteiger partial charge in [0.15, 0.2) is 0 Å². The molecule has 188 valence electrons. The fourth-order valence-electron chi connectivity index (χ4n) is 4.43. The Bertz CT molecular complexity index is 1450. The zero-order valence-corrected chi connectivity index (χ0v) is 22.5. The lowest BCUT2D eigenvalue weighted by molar-refractivity contribution is 1.09. The average Bonchev–Trinajstić information content (AvgIpc) is 2.95. The van der Waals surface area contributed by atoms with Gasteiger partial charge in [0.25, 0.3) is 0 Å². The normalized spacial score (nSPS) is 11.1. The largest absolute Gasteiger partial charge is 0.310 e. The average molecular weight is 496 g/mol. The summed E-state index contributed by atoms with van der Waals surface area (Å²) in [4.78, 5) is 2.32. The molecule has 5 rings (SSSR count). The van der Waals surface area contributed by atoms with Crippen LogP contribution in [-0.2, 0) is 0 Å². The van der Waals surface area contributed by atoms with Crippen LogP contribution in [0.4, 0.5) is 28.4 Å². The molecule has 0 amide bonds. The van der Waals surface area contributed by atoms with Crippen molar-refractivity contribution in [1.82, 2.24) is 0 Å². The Morgan fingerprint density at radius 1 is 0.447 bits per heavy atom. The fourth-order valence-corrected chi connectivity index (χ4v) is 4.43. The van der Waals surface area contributed by atoms with Crippen molar-refractivity contribution in [2.75, 3.05) is 9.91 Å². The molecule has 0 aliphatic carbocycles. The predicted molar refractivity (Wildman–Crippen MR) is 163 cm³/mol. The van der Waals surface area contributed by atoms with E-state index in [1.807, 2.05) is 47.6 Å². The highest BCUT2D eigenvalue weighted by Crippen LogP contribution is 2.36. The van der Waals surface area contributed by atoms with Gasteiger partial charge in [-0.25, -0.2) is 5.01 Å². The summed E-state index contributed by atoms with van der Waals surface area (Å²) in [6.07, 6.45) is 1.92. The van der Waals surface area contributed by atoms with Crippen molar-refractivity contribution in [2.45, 2.75) is 27.7 Å². The molecule has 0 bridgehead atoms. The maximum Gasteiger partial charge on any atom is 0.0652 e. The summed E-state index contributed by atoms with van der Waals surface area (Å²) in [7, 11) is 0. The van der Waals surface area contributed by atoms with Crippen LogP contribution in [0.1, 0.15) is 27.8 Å². The van der Waals surface area contributed by atoms with Crippen LogP contribution in [0.5, 0.6) is 0 Å². The first-order valence-corrected chi connectivity index (χ1v) is 13.0. The van der Waals surface area contributed by atoms with Gasteiger partial charge < -0.3 is 4.90 Å². The zero-order valence-electron chi connectivity index (χ0n) is 22.5. The Hall–Kier alpha value is -4.63. The maximum absolute atomic E-state index is 4.86. The minimum Gasteiger partial charge on any atom is -0.310 e. The first-order chi connectivity index (χ1) is 18.5. The summed E-state index contributed by atoms with van der Waals surface area (Å²) in [5.74, 6) is 0. The summed E-state index contributed by atoms with van der Waals surface area (Å²) < 4.78 is 0. The van der Waals surface area contributed by atoms with Crippen LogP contribution in [0.2, 0.25) is 0 Å². The molecule has 0 saturated carbocycles. The lowest BCUT2D eigenvalue weighted by atomic mass is 10.1. The molecule has 5 aromatic rings. The Morgan fingerprint density at radius 3 is 1.34 bits per heavy atom. The number of para-hydroxylation sites is 2. The monoisotopic (exact) mass is 495 g/mol. The molecule has 0 heterocycles. The summed E-state index contributed by atoms with van der Waals surface area (Å²) in [5, 5.41) is 6.83. The first-order valence-electron chi connectivity index (χ1n) is 13.0. The highest BCUT2D eigenvalue weighted by atomic mass is 15.5. The second-order valence-electron chi connectivity index (χ2n) is 9.69. The second-order valence-corrected chi connectivity index (χ2v) is 9.69. The lowest BCUT2D eigenvalue weighted by Crippen LogP contribution is -2.11. The van der Waals surface area contributed by atoms with Crippen molar-refractivity contribution in [2.24, 2.45) is 5.10 Å². The van der Waals surface area contributed by atoms with Crippen LogP contribution in [0.15, 0.2) is 126 Å². The number of benzene rings is 5. The van der Waals surface area contributed by atoms with Crippen molar-refractivity contribution in [3.8, 4) is 0 Å². The molecule has 3 nitrogen and oxygen atoms in total. The summed E-state index contributed by atoms with van der Waals surface area (Å²) in [6.45, 7) is 8.65. The summed E-state index contributed by atoms with van der Waals surface area (Å²) in [6, 6.07) is 42.3. The van der Waals surface area contributed by atoms with E-state index in [4.69, 9.17) is 5.10 Å². The third kappa shape index (κ3) is 5.52. The smallest absolute Gasteiger partial charge is 0.0652 e. The van der Waals surface area contributed by atoms with Gasteiger partial charge in [0, 0.05) is 17.1 Å². The Kier molecular flexibility index (Phi) is 7.37. The molecule has 0 aromatic heterocycles. The van der Waals surface area contributed by atoms with Crippen LogP contribution in [0, 0.1) is 27.7 Å². The molecule has 0 saturated heterocycles. The van der Waals surface area contributed by atoms with Crippen LogP contribution in [0.25, 0.3) is 0 Å². The highest BCUT2D eigenvalue weighted by Gasteiger charge is 2.14. The molecule has 0 fully saturated rings. The highest BCUT2D eigenvalue weighted by molar-refractivity contribution is 5.84. The van der Waals surface area contributed by atoms with E-state index in [-0.39, 0.29) is 0 Å². The fraction of sp³-hybridized carbons (Fsp3) is 0.114. The SMILES string of the molecule is Cc1ccc(N(c2ccc(C=NN(c3ccccc3)c3ccccc3)cc2)c2ccc(C)c(C)c2)cc1C. The molecular weight excluding hydrogens is 462 g/mol. The van der Waals surface area contributed by atoms with E-state index < -0.39 is 0 Å². The van der Waals surface area contributed by atoms with E-state index in [9.17, 15) is 0 Å². The van der Waals surface area contributed by atoms with Gasteiger partial charge in [0.2, 0.25) is 0 Å². The minimum absolute atomic E-state index is 1.02. The molecule has 0 unspecified atom stereocenters. The number of nitrogens with zero attached hydrogens (tertiary/aromatic N) is 3. The number of rotatable bonds is 7. The molecule has 5 aromatic carbocycles. The van der Waals surface area contributed by atoms with Gasteiger partial charge in [-0.15, -0.1) is 0 Å². The number of hydrazone groups is 1. The number of anilines is 5. The van der Waals surface area contributed by atoms with Crippen LogP contribution < -0.4 is 9.91 Å². The van der Waals surface area contributed by atoms with Gasteiger partial charge in [-0.1, -0.05) is 60.7 Å². The molecule has 38 heavy (non-hydrogen) atoms. The third-order valence-corrected chi connectivity index (χ3v) is 6.97. The molecule has 0 atom stereocenters. The van der Waals surface area contributed by atoms with Crippen LogP contribution >= 0.6 is 0 Å². The van der Waals surface area contributed by atoms with Gasteiger partial charge in [-0.2, -0.15) is 5.10 Å². The maximum atomic E-state index is 4.86. The van der Waals surface area contributed by atoms with Crippen molar-refractivity contribution in [3.63, 3.8) is 0 Å². The third-order valence-electron chi connectivity index (χ3n) is 6.97. The minimum atomic E-state index is 1.02. The van der Waals surface area contributed by atoms with Crippen LogP contribution in [-0.4, -0.2) is 6.21 Å². The lowest BCUT2D eigenvalue weighted by Gasteiger charge is -2.27. The van der Waals surface area contributed by atoms with E-state index in [0.29, 0.717) is 0 Å². The van der Waals surface area contributed by atoms with Crippen molar-refractivity contribution >= 4 is 34.7 Å².